The SMILES string of the molecule is NC(=O)c1ccc(C(=O)NCc2cccc(Cl)c2)cc1. The molecular weight excluding hydrogens is 276 g/mol. The van der Waals surface area contributed by atoms with Crippen molar-refractivity contribution in [1.29, 1.82) is 0 Å². The third-order valence-corrected chi connectivity index (χ3v) is 3.01. The molecule has 20 heavy (non-hydrogen) atoms. The average molecular weight is 289 g/mol. The molecule has 0 bridgehead atoms. The monoisotopic (exact) mass is 288 g/mol. The summed E-state index contributed by atoms with van der Waals surface area (Å²) in [5.74, 6) is -0.739. The molecule has 4 nitrogen and oxygen atoms in total. The van der Waals surface area contributed by atoms with Crippen molar-refractivity contribution in [2.75, 3.05) is 0 Å². The minimum atomic E-state index is -0.518. The van der Waals surface area contributed by atoms with E-state index >= 15 is 0 Å². The maximum absolute atomic E-state index is 11.9. The van der Waals surface area contributed by atoms with Crippen LogP contribution in [0, 0.1) is 0 Å². The second-order valence-electron chi connectivity index (χ2n) is 4.25. The maximum Gasteiger partial charge on any atom is 0.251 e. The lowest BCUT2D eigenvalue weighted by atomic mass is 10.1. The Morgan fingerprint density at radius 2 is 1.70 bits per heavy atom. The molecule has 0 aliphatic rings. The Balaban J connectivity index is 1.99. The van der Waals surface area contributed by atoms with Crippen LogP contribution >= 0.6 is 11.6 Å². The van der Waals surface area contributed by atoms with Gasteiger partial charge in [-0.25, -0.2) is 0 Å². The lowest BCUT2D eigenvalue weighted by Gasteiger charge is -2.06. The van der Waals surface area contributed by atoms with Gasteiger partial charge in [0.15, 0.2) is 0 Å². The highest BCUT2D eigenvalue weighted by atomic mass is 35.5. The Bertz CT molecular complexity index is 639. The number of amides is 2. The third kappa shape index (κ3) is 3.59. The smallest absolute Gasteiger partial charge is 0.251 e. The van der Waals surface area contributed by atoms with Gasteiger partial charge in [0.2, 0.25) is 5.91 Å². The van der Waals surface area contributed by atoms with Gasteiger partial charge in [0.1, 0.15) is 0 Å². The molecule has 0 aromatic heterocycles. The number of primary amides is 1. The molecule has 2 amide bonds. The molecule has 0 spiro atoms. The molecule has 0 unspecified atom stereocenters. The summed E-state index contributed by atoms with van der Waals surface area (Å²) in [6, 6.07) is 13.4. The number of hydrogen-bond donors (Lipinski definition) is 2. The van der Waals surface area contributed by atoms with Crippen LogP contribution in [0.1, 0.15) is 26.3 Å². The fraction of sp³-hybridized carbons (Fsp3) is 0.0667. The zero-order valence-electron chi connectivity index (χ0n) is 10.6. The van der Waals surface area contributed by atoms with Crippen molar-refractivity contribution in [3.8, 4) is 0 Å². The topological polar surface area (TPSA) is 72.2 Å². The van der Waals surface area contributed by atoms with Gasteiger partial charge in [-0.05, 0) is 42.0 Å². The van der Waals surface area contributed by atoms with Crippen molar-refractivity contribution in [2.45, 2.75) is 6.54 Å². The second-order valence-corrected chi connectivity index (χ2v) is 4.69. The Morgan fingerprint density at radius 1 is 1.05 bits per heavy atom. The molecule has 2 aromatic carbocycles. The molecule has 0 aliphatic carbocycles. The summed E-state index contributed by atoms with van der Waals surface area (Å²) in [6.45, 7) is 0.386. The van der Waals surface area contributed by atoms with E-state index in [-0.39, 0.29) is 5.91 Å². The summed E-state index contributed by atoms with van der Waals surface area (Å²) >= 11 is 5.87. The summed E-state index contributed by atoms with van der Waals surface area (Å²) in [5, 5.41) is 3.40. The lowest BCUT2D eigenvalue weighted by Crippen LogP contribution is -2.23. The summed E-state index contributed by atoms with van der Waals surface area (Å²) < 4.78 is 0. The van der Waals surface area contributed by atoms with Crippen LogP contribution in [0.4, 0.5) is 0 Å². The molecule has 0 fully saturated rings. The zero-order valence-corrected chi connectivity index (χ0v) is 11.4. The summed E-state index contributed by atoms with van der Waals surface area (Å²) in [5.41, 5.74) is 6.89. The van der Waals surface area contributed by atoms with E-state index in [0.717, 1.165) is 5.56 Å². The molecule has 0 heterocycles. The summed E-state index contributed by atoms with van der Waals surface area (Å²) in [7, 11) is 0. The third-order valence-electron chi connectivity index (χ3n) is 2.77. The Labute approximate surface area is 121 Å². The molecule has 2 rings (SSSR count). The highest BCUT2D eigenvalue weighted by Gasteiger charge is 2.06. The lowest BCUT2D eigenvalue weighted by molar-refractivity contribution is 0.0948. The van der Waals surface area contributed by atoms with Gasteiger partial charge in [-0.3, -0.25) is 9.59 Å². The number of carbonyl (C=O) groups is 2. The number of nitrogens with one attached hydrogen (secondary N) is 1. The average Bonchev–Trinajstić information content (AvgIpc) is 2.45. The minimum Gasteiger partial charge on any atom is -0.366 e. The normalized spacial score (nSPS) is 10.1. The quantitative estimate of drug-likeness (QED) is 0.906. The van der Waals surface area contributed by atoms with Gasteiger partial charge < -0.3 is 11.1 Å². The van der Waals surface area contributed by atoms with E-state index in [2.05, 4.69) is 5.32 Å². The number of halogens is 1. The first kappa shape index (κ1) is 14.1. The predicted molar refractivity (Wildman–Crippen MR) is 77.6 cm³/mol. The van der Waals surface area contributed by atoms with Crippen molar-refractivity contribution in [3.63, 3.8) is 0 Å². The van der Waals surface area contributed by atoms with E-state index < -0.39 is 5.91 Å². The molecule has 0 aliphatic heterocycles. The summed E-state index contributed by atoms with van der Waals surface area (Å²) in [4.78, 5) is 22.9. The first-order chi connectivity index (χ1) is 9.56. The van der Waals surface area contributed by atoms with Crippen LogP contribution in [-0.2, 0) is 6.54 Å². The van der Waals surface area contributed by atoms with Crippen LogP contribution in [0.25, 0.3) is 0 Å². The summed E-state index contributed by atoms with van der Waals surface area (Å²) in [6.07, 6.45) is 0. The van der Waals surface area contributed by atoms with E-state index in [9.17, 15) is 9.59 Å². The molecule has 102 valence electrons. The van der Waals surface area contributed by atoms with E-state index in [4.69, 9.17) is 17.3 Å². The van der Waals surface area contributed by atoms with Gasteiger partial charge in [0.05, 0.1) is 0 Å². The van der Waals surface area contributed by atoms with Gasteiger partial charge in [0, 0.05) is 22.7 Å². The Kier molecular flexibility index (Phi) is 4.38. The Hall–Kier alpha value is -2.33. The molecule has 5 heteroatoms. The maximum atomic E-state index is 11.9. The van der Waals surface area contributed by atoms with Crippen LogP contribution < -0.4 is 11.1 Å². The van der Waals surface area contributed by atoms with Gasteiger partial charge in [0.25, 0.3) is 5.91 Å². The first-order valence-electron chi connectivity index (χ1n) is 5.99. The molecule has 0 atom stereocenters. The highest BCUT2D eigenvalue weighted by Crippen LogP contribution is 2.10. The molecule has 0 saturated carbocycles. The van der Waals surface area contributed by atoms with Crippen molar-refractivity contribution >= 4 is 23.4 Å². The largest absolute Gasteiger partial charge is 0.366 e. The van der Waals surface area contributed by atoms with Crippen LogP contribution in [0.15, 0.2) is 48.5 Å². The fourth-order valence-electron chi connectivity index (χ4n) is 1.72. The fourth-order valence-corrected chi connectivity index (χ4v) is 1.93. The number of carbonyl (C=O) groups excluding carboxylic acids is 2. The van der Waals surface area contributed by atoms with Crippen molar-refractivity contribution in [1.82, 2.24) is 5.32 Å². The van der Waals surface area contributed by atoms with Crippen LogP contribution in [0.2, 0.25) is 5.02 Å². The van der Waals surface area contributed by atoms with Gasteiger partial charge in [-0.15, -0.1) is 0 Å². The van der Waals surface area contributed by atoms with E-state index in [1.807, 2.05) is 12.1 Å². The Morgan fingerprint density at radius 3 is 2.30 bits per heavy atom. The number of nitrogens with two attached hydrogens (primary N) is 1. The number of benzene rings is 2. The molecule has 2 aromatic rings. The van der Waals surface area contributed by atoms with Crippen LogP contribution in [0.3, 0.4) is 0 Å². The van der Waals surface area contributed by atoms with E-state index in [0.29, 0.717) is 22.7 Å². The van der Waals surface area contributed by atoms with E-state index in [1.54, 1.807) is 24.3 Å². The number of hydrogen-bond acceptors (Lipinski definition) is 2. The van der Waals surface area contributed by atoms with E-state index in [1.165, 1.54) is 12.1 Å². The molecule has 0 saturated heterocycles. The standard InChI is InChI=1S/C15H13ClN2O2/c16-13-3-1-2-10(8-13)9-18-15(20)12-6-4-11(5-7-12)14(17)19/h1-8H,9H2,(H2,17,19)(H,18,20). The van der Waals surface area contributed by atoms with Crippen LogP contribution in [0.5, 0.6) is 0 Å². The second kappa shape index (κ2) is 6.21. The molecule has 0 radical (unpaired) electrons. The molecule has 3 N–H and O–H groups in total. The predicted octanol–water partition coefficient (Wildman–Crippen LogP) is 2.37. The zero-order chi connectivity index (χ0) is 14.5. The van der Waals surface area contributed by atoms with Crippen molar-refractivity contribution in [3.05, 3.63) is 70.2 Å². The van der Waals surface area contributed by atoms with Gasteiger partial charge >= 0.3 is 0 Å². The van der Waals surface area contributed by atoms with Gasteiger partial charge in [-0.1, -0.05) is 23.7 Å². The van der Waals surface area contributed by atoms with Crippen LogP contribution in [-0.4, -0.2) is 11.8 Å². The van der Waals surface area contributed by atoms with Crippen molar-refractivity contribution < 1.29 is 9.59 Å². The van der Waals surface area contributed by atoms with Gasteiger partial charge in [-0.2, -0.15) is 0 Å². The first-order valence-corrected chi connectivity index (χ1v) is 6.36. The number of rotatable bonds is 4. The molecular formula is C15H13ClN2O2. The van der Waals surface area contributed by atoms with Crippen molar-refractivity contribution in [2.24, 2.45) is 5.73 Å². The minimum absolute atomic E-state index is 0.221. The highest BCUT2D eigenvalue weighted by molar-refractivity contribution is 6.30.